The zero-order valence-corrected chi connectivity index (χ0v) is 14.5. The molecule has 0 aliphatic heterocycles. The second-order valence-electron chi connectivity index (χ2n) is 5.23. The topological polar surface area (TPSA) is 75.7 Å². The van der Waals surface area contributed by atoms with E-state index in [0.717, 1.165) is 16.6 Å². The molecule has 8 heteroatoms. The molecule has 6 nitrogen and oxygen atoms in total. The van der Waals surface area contributed by atoms with Crippen molar-refractivity contribution in [1.29, 1.82) is 0 Å². The van der Waals surface area contributed by atoms with Gasteiger partial charge in [-0.05, 0) is 24.3 Å². The number of hydrogen-bond acceptors (Lipinski definition) is 4. The summed E-state index contributed by atoms with van der Waals surface area (Å²) < 4.78 is 43.8. The maximum absolute atomic E-state index is 13.9. The number of nitrogens with one attached hydrogen (secondary N) is 1. The maximum atomic E-state index is 13.9. The zero-order valence-electron chi connectivity index (χ0n) is 13.7. The van der Waals surface area contributed by atoms with Gasteiger partial charge in [0.05, 0.1) is 18.5 Å². The van der Waals surface area contributed by atoms with Crippen molar-refractivity contribution in [2.45, 2.75) is 0 Å². The number of para-hydroxylation sites is 2. The molecule has 2 aromatic rings. The lowest BCUT2D eigenvalue weighted by Crippen LogP contribution is -2.41. The monoisotopic (exact) mass is 366 g/mol. The number of carbonyl (C=O) groups is 1. The van der Waals surface area contributed by atoms with Crippen LogP contribution in [0.1, 0.15) is 0 Å². The minimum Gasteiger partial charge on any atom is -0.492 e. The second kappa shape index (κ2) is 8.48. The van der Waals surface area contributed by atoms with Crippen molar-refractivity contribution in [2.24, 2.45) is 0 Å². The minimum absolute atomic E-state index is 0.166. The molecule has 0 spiro atoms. The molecule has 0 aliphatic carbocycles. The highest BCUT2D eigenvalue weighted by atomic mass is 32.2. The zero-order chi connectivity index (χ0) is 18.3. The number of nitrogens with zero attached hydrogens (tertiary/aromatic N) is 1. The van der Waals surface area contributed by atoms with Gasteiger partial charge in [0.25, 0.3) is 0 Å². The molecule has 134 valence electrons. The molecule has 0 bridgehead atoms. The molecule has 1 amide bonds. The first-order valence-corrected chi connectivity index (χ1v) is 9.39. The van der Waals surface area contributed by atoms with Crippen molar-refractivity contribution in [2.75, 3.05) is 30.3 Å². The predicted octanol–water partition coefficient (Wildman–Crippen LogP) is 1.79. The number of rotatable bonds is 8. The number of halogens is 1. The van der Waals surface area contributed by atoms with E-state index in [2.05, 4.69) is 5.32 Å². The fourth-order valence-electron chi connectivity index (χ4n) is 2.10. The van der Waals surface area contributed by atoms with Gasteiger partial charge in [-0.3, -0.25) is 9.10 Å². The first kappa shape index (κ1) is 18.7. The Morgan fingerprint density at radius 1 is 1.12 bits per heavy atom. The van der Waals surface area contributed by atoms with E-state index in [-0.39, 0.29) is 18.8 Å². The van der Waals surface area contributed by atoms with Crippen LogP contribution < -0.4 is 14.4 Å². The largest absolute Gasteiger partial charge is 0.492 e. The number of carbonyl (C=O) groups excluding carboxylic acids is 1. The van der Waals surface area contributed by atoms with Crippen molar-refractivity contribution >= 4 is 21.6 Å². The Kier molecular flexibility index (Phi) is 6.35. The Bertz CT molecular complexity index is 812. The van der Waals surface area contributed by atoms with Gasteiger partial charge in [-0.15, -0.1) is 0 Å². The lowest BCUT2D eigenvalue weighted by molar-refractivity contribution is -0.119. The SMILES string of the molecule is CS(=O)(=O)N(CC(=O)NCCOc1ccccc1)c1ccccc1F. The van der Waals surface area contributed by atoms with Gasteiger partial charge < -0.3 is 10.1 Å². The van der Waals surface area contributed by atoms with Gasteiger partial charge >= 0.3 is 0 Å². The third kappa shape index (κ3) is 5.75. The minimum atomic E-state index is -3.81. The van der Waals surface area contributed by atoms with E-state index in [1.54, 1.807) is 12.1 Å². The summed E-state index contributed by atoms with van der Waals surface area (Å²) in [4.78, 5) is 12.0. The lowest BCUT2D eigenvalue weighted by atomic mass is 10.3. The normalized spacial score (nSPS) is 11.0. The lowest BCUT2D eigenvalue weighted by Gasteiger charge is -2.22. The number of hydrogen-bond donors (Lipinski definition) is 1. The molecule has 0 atom stereocenters. The van der Waals surface area contributed by atoms with E-state index in [9.17, 15) is 17.6 Å². The summed E-state index contributed by atoms with van der Waals surface area (Å²) in [7, 11) is -3.81. The summed E-state index contributed by atoms with van der Waals surface area (Å²) in [6.45, 7) is -0.0813. The first-order valence-electron chi connectivity index (χ1n) is 7.55. The Morgan fingerprint density at radius 3 is 2.40 bits per heavy atom. The van der Waals surface area contributed by atoms with Crippen molar-refractivity contribution in [3.63, 3.8) is 0 Å². The molecule has 0 radical (unpaired) electrons. The van der Waals surface area contributed by atoms with Crippen LogP contribution >= 0.6 is 0 Å². The van der Waals surface area contributed by atoms with Crippen LogP contribution in [0.3, 0.4) is 0 Å². The number of benzene rings is 2. The van der Waals surface area contributed by atoms with Crippen LogP contribution in [-0.2, 0) is 14.8 Å². The molecule has 0 fully saturated rings. The summed E-state index contributed by atoms with van der Waals surface area (Å²) in [5.41, 5.74) is -0.166. The van der Waals surface area contributed by atoms with Crippen molar-refractivity contribution in [1.82, 2.24) is 5.32 Å². The molecule has 0 aliphatic rings. The number of amides is 1. The predicted molar refractivity (Wildman–Crippen MR) is 93.5 cm³/mol. The van der Waals surface area contributed by atoms with Crippen LogP contribution in [0.4, 0.5) is 10.1 Å². The van der Waals surface area contributed by atoms with Crippen molar-refractivity contribution in [3.05, 3.63) is 60.4 Å². The van der Waals surface area contributed by atoms with E-state index in [1.807, 2.05) is 18.2 Å². The number of ether oxygens (including phenoxy) is 1. The van der Waals surface area contributed by atoms with Crippen LogP contribution in [0.5, 0.6) is 5.75 Å². The van der Waals surface area contributed by atoms with Crippen LogP contribution in [0.25, 0.3) is 0 Å². The van der Waals surface area contributed by atoms with Gasteiger partial charge in [-0.1, -0.05) is 30.3 Å². The maximum Gasteiger partial charge on any atom is 0.240 e. The summed E-state index contributed by atoms with van der Waals surface area (Å²) in [5, 5.41) is 2.55. The van der Waals surface area contributed by atoms with E-state index in [0.29, 0.717) is 5.75 Å². The Hall–Kier alpha value is -2.61. The fourth-order valence-corrected chi connectivity index (χ4v) is 2.95. The first-order chi connectivity index (χ1) is 11.9. The average Bonchev–Trinajstić information content (AvgIpc) is 2.57. The van der Waals surface area contributed by atoms with E-state index in [4.69, 9.17) is 4.74 Å². The highest BCUT2D eigenvalue weighted by molar-refractivity contribution is 7.92. The summed E-state index contributed by atoms with van der Waals surface area (Å²) in [6, 6.07) is 14.5. The van der Waals surface area contributed by atoms with Gasteiger partial charge in [0, 0.05) is 0 Å². The van der Waals surface area contributed by atoms with Crippen LogP contribution in [0.2, 0.25) is 0 Å². The van der Waals surface area contributed by atoms with E-state index >= 15 is 0 Å². The highest BCUT2D eigenvalue weighted by Crippen LogP contribution is 2.20. The van der Waals surface area contributed by atoms with Crippen LogP contribution in [0.15, 0.2) is 54.6 Å². The van der Waals surface area contributed by atoms with Gasteiger partial charge in [-0.25, -0.2) is 12.8 Å². The smallest absolute Gasteiger partial charge is 0.240 e. The molecule has 25 heavy (non-hydrogen) atoms. The van der Waals surface area contributed by atoms with Crippen molar-refractivity contribution < 1.29 is 22.3 Å². The molecule has 0 unspecified atom stereocenters. The Balaban J connectivity index is 1.91. The Morgan fingerprint density at radius 2 is 1.76 bits per heavy atom. The quantitative estimate of drug-likeness (QED) is 0.723. The number of sulfonamides is 1. The molecule has 2 rings (SSSR count). The van der Waals surface area contributed by atoms with Crippen LogP contribution in [-0.4, -0.2) is 40.3 Å². The molecule has 0 saturated heterocycles. The van der Waals surface area contributed by atoms with Crippen LogP contribution in [0, 0.1) is 5.82 Å². The second-order valence-corrected chi connectivity index (χ2v) is 7.14. The summed E-state index contributed by atoms with van der Waals surface area (Å²) in [5.74, 6) is -0.598. The van der Waals surface area contributed by atoms with E-state index < -0.39 is 28.3 Å². The average molecular weight is 366 g/mol. The van der Waals surface area contributed by atoms with Gasteiger partial charge in [-0.2, -0.15) is 0 Å². The molecular formula is C17H19FN2O4S. The van der Waals surface area contributed by atoms with Gasteiger partial charge in [0.2, 0.25) is 15.9 Å². The molecule has 0 heterocycles. The number of anilines is 1. The third-order valence-corrected chi connectivity index (χ3v) is 4.37. The van der Waals surface area contributed by atoms with Crippen molar-refractivity contribution in [3.8, 4) is 5.75 Å². The molecule has 1 N–H and O–H groups in total. The van der Waals surface area contributed by atoms with E-state index in [1.165, 1.54) is 18.2 Å². The molecule has 0 saturated carbocycles. The standard InChI is InChI=1S/C17H19FN2O4S/c1-25(22,23)20(16-10-6-5-9-15(16)18)13-17(21)19-11-12-24-14-7-3-2-4-8-14/h2-10H,11-13H2,1H3,(H,19,21). The Labute approximate surface area is 146 Å². The van der Waals surface area contributed by atoms with Gasteiger partial charge in [0.15, 0.2) is 0 Å². The third-order valence-electron chi connectivity index (χ3n) is 3.24. The molecular weight excluding hydrogens is 347 g/mol. The summed E-state index contributed by atoms with van der Waals surface area (Å²) >= 11 is 0. The fraction of sp³-hybridized carbons (Fsp3) is 0.235. The van der Waals surface area contributed by atoms with Gasteiger partial charge in [0.1, 0.15) is 24.7 Å². The molecule has 2 aromatic carbocycles. The molecule has 0 aromatic heterocycles. The highest BCUT2D eigenvalue weighted by Gasteiger charge is 2.23. The summed E-state index contributed by atoms with van der Waals surface area (Å²) in [6.07, 6.45) is 0.922.